The quantitative estimate of drug-likeness (QED) is 0.238. The average molecular weight is 514 g/mol. The number of H-pyrrole nitrogens is 1. The van der Waals surface area contributed by atoms with Gasteiger partial charge in [0.2, 0.25) is 6.79 Å². The Morgan fingerprint density at radius 2 is 1.74 bits per heavy atom. The van der Waals surface area contributed by atoms with Crippen LogP contribution in [-0.4, -0.2) is 36.9 Å². The summed E-state index contributed by atoms with van der Waals surface area (Å²) in [7, 11) is 0. The summed E-state index contributed by atoms with van der Waals surface area (Å²) in [5.41, 5.74) is 4.41. The van der Waals surface area contributed by atoms with Crippen molar-refractivity contribution in [3.63, 3.8) is 0 Å². The third-order valence-electron chi connectivity index (χ3n) is 6.54. The van der Waals surface area contributed by atoms with Crippen molar-refractivity contribution in [1.29, 1.82) is 0 Å². The lowest BCUT2D eigenvalue weighted by Gasteiger charge is -2.12. The minimum atomic E-state index is -0.421. The van der Waals surface area contributed by atoms with Gasteiger partial charge in [-0.3, -0.25) is 4.79 Å². The van der Waals surface area contributed by atoms with Gasteiger partial charge in [-0.2, -0.15) is 0 Å². The number of rotatable bonds is 10. The SMILES string of the molecule is C[C@@H](CCCNC(=O)OCc1ccccc1)CNC(=O)c1cc2ccc(-c3ccc4c(c3)OCO4)cc2[nH]1. The van der Waals surface area contributed by atoms with Crippen LogP contribution >= 0.6 is 0 Å². The van der Waals surface area contributed by atoms with Crippen LogP contribution in [0.3, 0.4) is 0 Å². The second-order valence-corrected chi connectivity index (χ2v) is 9.50. The number of carbonyl (C=O) groups excluding carboxylic acids is 2. The first-order valence-electron chi connectivity index (χ1n) is 12.8. The van der Waals surface area contributed by atoms with Crippen molar-refractivity contribution < 1.29 is 23.8 Å². The van der Waals surface area contributed by atoms with Gasteiger partial charge in [-0.1, -0.05) is 55.5 Å². The summed E-state index contributed by atoms with van der Waals surface area (Å²) in [5, 5.41) is 6.76. The lowest BCUT2D eigenvalue weighted by atomic mass is 10.0. The first-order chi connectivity index (χ1) is 18.5. The minimum absolute atomic E-state index is 0.139. The molecule has 0 saturated heterocycles. The molecule has 3 N–H and O–H groups in total. The Hall–Kier alpha value is -4.46. The van der Waals surface area contributed by atoms with E-state index in [1.54, 1.807) is 0 Å². The van der Waals surface area contributed by atoms with Crippen LogP contribution < -0.4 is 20.1 Å². The molecule has 0 radical (unpaired) electrons. The zero-order chi connectivity index (χ0) is 26.3. The lowest BCUT2D eigenvalue weighted by molar-refractivity contribution is 0.0943. The summed E-state index contributed by atoms with van der Waals surface area (Å²) in [6.45, 7) is 3.65. The van der Waals surface area contributed by atoms with Crippen molar-refractivity contribution in [2.24, 2.45) is 5.92 Å². The molecule has 2 amide bonds. The Morgan fingerprint density at radius 3 is 2.61 bits per heavy atom. The zero-order valence-electron chi connectivity index (χ0n) is 21.3. The van der Waals surface area contributed by atoms with Crippen molar-refractivity contribution in [3.05, 3.63) is 84.1 Å². The number of alkyl carbamates (subject to hydrolysis) is 1. The predicted molar refractivity (Wildman–Crippen MR) is 145 cm³/mol. The molecular weight excluding hydrogens is 482 g/mol. The molecule has 8 nitrogen and oxygen atoms in total. The number of benzene rings is 3. The number of fused-ring (bicyclic) bond motifs is 2. The van der Waals surface area contributed by atoms with Crippen molar-refractivity contribution in [1.82, 2.24) is 15.6 Å². The molecule has 1 atom stereocenters. The predicted octanol–water partition coefficient (Wildman–Crippen LogP) is 5.64. The van der Waals surface area contributed by atoms with Gasteiger partial charge in [0.1, 0.15) is 12.3 Å². The lowest BCUT2D eigenvalue weighted by Crippen LogP contribution is -2.29. The number of carbonyl (C=O) groups is 2. The van der Waals surface area contributed by atoms with Gasteiger partial charge < -0.3 is 29.8 Å². The highest BCUT2D eigenvalue weighted by molar-refractivity contribution is 5.98. The van der Waals surface area contributed by atoms with Crippen molar-refractivity contribution in [2.75, 3.05) is 19.9 Å². The fourth-order valence-corrected chi connectivity index (χ4v) is 4.38. The van der Waals surface area contributed by atoms with Gasteiger partial charge >= 0.3 is 6.09 Å². The Bertz CT molecular complexity index is 1420. The number of amides is 2. The molecule has 3 aromatic carbocycles. The van der Waals surface area contributed by atoms with Gasteiger partial charge in [0.15, 0.2) is 11.5 Å². The van der Waals surface area contributed by atoms with E-state index in [-0.39, 0.29) is 25.2 Å². The highest BCUT2D eigenvalue weighted by Gasteiger charge is 2.15. The van der Waals surface area contributed by atoms with E-state index >= 15 is 0 Å². The molecule has 0 saturated carbocycles. The highest BCUT2D eigenvalue weighted by atomic mass is 16.7. The van der Waals surface area contributed by atoms with Crippen molar-refractivity contribution in [3.8, 4) is 22.6 Å². The molecule has 1 aliphatic rings. The molecule has 0 unspecified atom stereocenters. The van der Waals surface area contributed by atoms with Crippen LogP contribution in [0.15, 0.2) is 72.8 Å². The molecule has 1 aliphatic heterocycles. The fourth-order valence-electron chi connectivity index (χ4n) is 4.38. The third-order valence-corrected chi connectivity index (χ3v) is 6.54. The second kappa shape index (κ2) is 11.7. The van der Waals surface area contributed by atoms with Gasteiger partial charge in [0, 0.05) is 24.0 Å². The standard InChI is InChI=1S/C30H31N3O5/c1-20(6-5-13-31-30(35)36-18-21-7-3-2-4-8-21)17-32-29(34)26-15-24-10-9-22(14-25(24)33-26)23-11-12-27-28(16-23)38-19-37-27/h2-4,7-12,14-16,20,33H,5-6,13,17-19H2,1H3,(H,31,35)(H,32,34)/t20-/m0/s1. The summed E-state index contributed by atoms with van der Waals surface area (Å²) in [6, 6.07) is 23.4. The Balaban J connectivity index is 1.05. The van der Waals surface area contributed by atoms with E-state index < -0.39 is 6.09 Å². The van der Waals surface area contributed by atoms with Crippen molar-refractivity contribution in [2.45, 2.75) is 26.4 Å². The summed E-state index contributed by atoms with van der Waals surface area (Å²) in [6.07, 6.45) is 1.24. The monoisotopic (exact) mass is 513 g/mol. The largest absolute Gasteiger partial charge is 0.454 e. The number of hydrogen-bond acceptors (Lipinski definition) is 5. The number of ether oxygens (including phenoxy) is 3. The zero-order valence-corrected chi connectivity index (χ0v) is 21.3. The van der Waals surface area contributed by atoms with Crippen LogP contribution in [0.1, 0.15) is 35.8 Å². The van der Waals surface area contributed by atoms with E-state index in [2.05, 4.69) is 22.5 Å². The molecule has 38 heavy (non-hydrogen) atoms. The van der Waals surface area contributed by atoms with Gasteiger partial charge in [0.25, 0.3) is 5.91 Å². The molecule has 0 fully saturated rings. The first-order valence-corrected chi connectivity index (χ1v) is 12.8. The molecular formula is C30H31N3O5. The van der Waals surface area contributed by atoms with Gasteiger partial charge in [-0.15, -0.1) is 0 Å². The van der Waals surface area contributed by atoms with E-state index in [0.717, 1.165) is 51.9 Å². The normalized spacial score (nSPS) is 12.8. The van der Waals surface area contributed by atoms with E-state index in [4.69, 9.17) is 14.2 Å². The van der Waals surface area contributed by atoms with Crippen LogP contribution in [0.4, 0.5) is 4.79 Å². The maximum absolute atomic E-state index is 12.8. The molecule has 0 aliphatic carbocycles. The molecule has 4 aromatic rings. The molecule has 0 bridgehead atoms. The summed E-state index contributed by atoms with van der Waals surface area (Å²) in [5.74, 6) is 1.62. The maximum Gasteiger partial charge on any atom is 0.407 e. The Labute approximate surface area is 221 Å². The van der Waals surface area contributed by atoms with E-state index in [0.29, 0.717) is 18.8 Å². The summed E-state index contributed by atoms with van der Waals surface area (Å²) >= 11 is 0. The van der Waals surface area contributed by atoms with Crippen LogP contribution in [0.5, 0.6) is 11.5 Å². The molecule has 5 rings (SSSR count). The first kappa shape index (κ1) is 25.2. The highest BCUT2D eigenvalue weighted by Crippen LogP contribution is 2.36. The molecule has 0 spiro atoms. The maximum atomic E-state index is 12.8. The third kappa shape index (κ3) is 6.26. The van der Waals surface area contributed by atoms with E-state index in [1.165, 1.54) is 0 Å². The smallest absolute Gasteiger partial charge is 0.407 e. The Kier molecular flexibility index (Phi) is 7.78. The van der Waals surface area contributed by atoms with Crippen LogP contribution in [0.2, 0.25) is 0 Å². The fraction of sp³-hybridized carbons (Fsp3) is 0.267. The molecule has 1 aromatic heterocycles. The van der Waals surface area contributed by atoms with Gasteiger partial charge in [0.05, 0.1) is 0 Å². The van der Waals surface area contributed by atoms with E-state index in [9.17, 15) is 9.59 Å². The number of nitrogens with one attached hydrogen (secondary N) is 3. The number of aromatic amines is 1. The molecule has 196 valence electrons. The molecule has 8 heteroatoms. The van der Waals surface area contributed by atoms with Crippen LogP contribution in [0, 0.1) is 5.92 Å². The van der Waals surface area contributed by atoms with Crippen LogP contribution in [0.25, 0.3) is 22.0 Å². The average Bonchev–Trinajstić information content (AvgIpc) is 3.59. The topological polar surface area (TPSA) is 102 Å². The van der Waals surface area contributed by atoms with Gasteiger partial charge in [-0.25, -0.2) is 4.79 Å². The number of hydrogen-bond donors (Lipinski definition) is 3. The summed E-state index contributed by atoms with van der Waals surface area (Å²) < 4.78 is 16.1. The van der Waals surface area contributed by atoms with Crippen LogP contribution in [-0.2, 0) is 11.3 Å². The van der Waals surface area contributed by atoms with E-state index in [1.807, 2.05) is 72.8 Å². The van der Waals surface area contributed by atoms with Crippen molar-refractivity contribution >= 4 is 22.9 Å². The minimum Gasteiger partial charge on any atom is -0.454 e. The second-order valence-electron chi connectivity index (χ2n) is 9.50. The number of aromatic nitrogens is 1. The Morgan fingerprint density at radius 1 is 0.947 bits per heavy atom. The van der Waals surface area contributed by atoms with Gasteiger partial charge in [-0.05, 0) is 59.7 Å². The molecule has 2 heterocycles. The summed E-state index contributed by atoms with van der Waals surface area (Å²) in [4.78, 5) is 27.9.